The van der Waals surface area contributed by atoms with Crippen molar-refractivity contribution in [3.05, 3.63) is 0 Å². The smallest absolute Gasteiger partial charge is 0.222 e. The minimum Gasteiger partial charge on any atom is -0.411 e. The summed E-state index contributed by atoms with van der Waals surface area (Å²) in [6.45, 7) is 2.14. The molecule has 0 radical (unpaired) electrons. The molecule has 0 spiro atoms. The summed E-state index contributed by atoms with van der Waals surface area (Å²) in [5.41, 5.74) is 5.96. The zero-order valence-corrected chi connectivity index (χ0v) is 8.98. The maximum Gasteiger partial charge on any atom is 0.222 e. The fraction of sp³-hybridized carbons (Fsp3) is 0.800. The second kappa shape index (κ2) is 5.70. The number of carbonyl (C=O) groups is 1. The van der Waals surface area contributed by atoms with E-state index in [1.54, 1.807) is 6.92 Å². The molecule has 1 saturated carbocycles. The highest BCUT2D eigenvalue weighted by atomic mass is 16.5. The Bertz CT molecular complexity index is 243. The molecule has 0 bridgehead atoms. The van der Waals surface area contributed by atoms with Crippen molar-refractivity contribution in [1.82, 2.24) is 0 Å². The molecule has 15 heavy (non-hydrogen) atoms. The van der Waals surface area contributed by atoms with Gasteiger partial charge in [-0.15, -0.1) is 0 Å². The van der Waals surface area contributed by atoms with Gasteiger partial charge in [-0.1, -0.05) is 12.1 Å². The Kier molecular flexibility index (Phi) is 4.55. The molecule has 1 aliphatic carbocycles. The molecule has 0 heterocycles. The fourth-order valence-electron chi connectivity index (χ4n) is 1.55. The number of nitrogens with zero attached hydrogens (tertiary/aromatic N) is 1. The molecule has 1 atom stereocenters. The van der Waals surface area contributed by atoms with Crippen molar-refractivity contribution in [2.75, 3.05) is 6.61 Å². The highest BCUT2D eigenvalue weighted by Crippen LogP contribution is 2.19. The maximum absolute atomic E-state index is 10.8. The Morgan fingerprint density at radius 1 is 1.67 bits per heavy atom. The van der Waals surface area contributed by atoms with E-state index in [1.807, 2.05) is 0 Å². The van der Waals surface area contributed by atoms with Gasteiger partial charge < -0.3 is 15.7 Å². The van der Waals surface area contributed by atoms with Gasteiger partial charge in [0.2, 0.25) is 5.91 Å². The van der Waals surface area contributed by atoms with Gasteiger partial charge in [-0.3, -0.25) is 4.79 Å². The Morgan fingerprint density at radius 2 is 2.27 bits per heavy atom. The molecule has 0 aromatic heterocycles. The van der Waals surface area contributed by atoms with Gasteiger partial charge in [0.05, 0.1) is 24.3 Å². The maximum atomic E-state index is 10.8. The lowest BCUT2D eigenvalue weighted by Gasteiger charge is -2.23. The molecule has 1 aliphatic rings. The number of primary amides is 1. The van der Waals surface area contributed by atoms with Crippen LogP contribution in [0.2, 0.25) is 0 Å². The quantitative estimate of drug-likeness (QED) is 0.538. The topological polar surface area (TPSA) is 84.9 Å². The van der Waals surface area contributed by atoms with Crippen molar-refractivity contribution in [1.29, 1.82) is 0 Å². The molecule has 0 aromatic rings. The van der Waals surface area contributed by atoms with E-state index in [1.165, 1.54) is 0 Å². The molecule has 0 aromatic carbocycles. The largest absolute Gasteiger partial charge is 0.411 e. The third kappa shape index (κ3) is 3.87. The Labute approximate surface area is 89.3 Å². The van der Waals surface area contributed by atoms with Crippen LogP contribution in [0, 0.1) is 5.92 Å². The average Bonchev–Trinajstić information content (AvgIpc) is 2.26. The van der Waals surface area contributed by atoms with E-state index >= 15 is 0 Å². The van der Waals surface area contributed by atoms with Crippen molar-refractivity contribution in [2.24, 2.45) is 16.8 Å². The summed E-state index contributed by atoms with van der Waals surface area (Å²) in [4.78, 5) is 10.8. The number of ether oxygens (including phenoxy) is 1. The van der Waals surface area contributed by atoms with Crippen LogP contribution in [0.15, 0.2) is 5.16 Å². The molecule has 0 saturated heterocycles. The summed E-state index contributed by atoms with van der Waals surface area (Å²) in [5.74, 6) is -0.568. The molecule has 0 aliphatic heterocycles. The van der Waals surface area contributed by atoms with Gasteiger partial charge in [0.25, 0.3) is 0 Å². The number of oxime groups is 1. The number of carbonyl (C=O) groups excluding carboxylic acids is 1. The average molecular weight is 214 g/mol. The van der Waals surface area contributed by atoms with E-state index in [0.717, 1.165) is 31.4 Å². The second-order valence-corrected chi connectivity index (χ2v) is 4.00. The van der Waals surface area contributed by atoms with Crippen molar-refractivity contribution in [3.8, 4) is 0 Å². The van der Waals surface area contributed by atoms with Crippen LogP contribution < -0.4 is 5.73 Å². The van der Waals surface area contributed by atoms with Gasteiger partial charge in [0.15, 0.2) is 0 Å². The summed E-state index contributed by atoms with van der Waals surface area (Å²) in [6, 6.07) is 0. The van der Waals surface area contributed by atoms with E-state index in [0.29, 0.717) is 6.61 Å². The molecular formula is C10H18N2O3. The Morgan fingerprint density at radius 3 is 2.73 bits per heavy atom. The van der Waals surface area contributed by atoms with E-state index in [9.17, 15) is 4.79 Å². The minimum absolute atomic E-state index is 0.164. The van der Waals surface area contributed by atoms with Crippen LogP contribution in [0.4, 0.5) is 0 Å². The van der Waals surface area contributed by atoms with E-state index < -0.39 is 0 Å². The highest BCUT2D eigenvalue weighted by Gasteiger charge is 2.20. The summed E-state index contributed by atoms with van der Waals surface area (Å²) in [5, 5.41) is 11.7. The van der Waals surface area contributed by atoms with Crippen molar-refractivity contribution < 1.29 is 14.7 Å². The van der Waals surface area contributed by atoms with Gasteiger partial charge in [-0.25, -0.2) is 0 Å². The molecule has 3 N–H and O–H groups in total. The first-order valence-corrected chi connectivity index (χ1v) is 5.24. The monoisotopic (exact) mass is 214 g/mol. The molecular weight excluding hydrogens is 196 g/mol. The zero-order chi connectivity index (χ0) is 11.3. The summed E-state index contributed by atoms with van der Waals surface area (Å²) in [6.07, 6.45) is 3.41. The van der Waals surface area contributed by atoms with Crippen molar-refractivity contribution >= 4 is 11.6 Å². The molecule has 1 rings (SSSR count). The van der Waals surface area contributed by atoms with Crippen LogP contribution in [0.5, 0.6) is 0 Å². The van der Waals surface area contributed by atoms with Crippen molar-refractivity contribution in [2.45, 2.75) is 38.7 Å². The highest BCUT2D eigenvalue weighted by molar-refractivity contribution is 5.84. The van der Waals surface area contributed by atoms with Gasteiger partial charge in [0.1, 0.15) is 0 Å². The number of amides is 1. The SMILES string of the molecule is CC(COC1CCC(=NO)CC1)C(N)=O. The molecule has 1 unspecified atom stereocenters. The van der Waals surface area contributed by atoms with Crippen LogP contribution in [0.1, 0.15) is 32.6 Å². The molecule has 5 nitrogen and oxygen atoms in total. The van der Waals surface area contributed by atoms with Crippen LogP contribution in [-0.4, -0.2) is 29.5 Å². The molecule has 1 amide bonds. The molecule has 5 heteroatoms. The van der Waals surface area contributed by atoms with E-state index in [-0.39, 0.29) is 17.9 Å². The second-order valence-electron chi connectivity index (χ2n) is 4.00. The standard InChI is InChI=1S/C10H18N2O3/c1-7(10(11)13)6-15-9-4-2-8(12-14)3-5-9/h7,9,14H,2-6H2,1H3,(H2,11,13). The van der Waals surface area contributed by atoms with Crippen LogP contribution in [0.25, 0.3) is 0 Å². The van der Waals surface area contributed by atoms with Crippen molar-refractivity contribution in [3.63, 3.8) is 0 Å². The minimum atomic E-state index is -0.330. The molecule has 86 valence electrons. The van der Waals surface area contributed by atoms with Gasteiger partial charge in [0, 0.05) is 0 Å². The molecule has 1 fully saturated rings. The van der Waals surface area contributed by atoms with Crippen LogP contribution in [0.3, 0.4) is 0 Å². The first-order valence-electron chi connectivity index (χ1n) is 5.24. The first kappa shape index (κ1) is 12.0. The fourth-order valence-corrected chi connectivity index (χ4v) is 1.55. The number of nitrogens with two attached hydrogens (primary N) is 1. The van der Waals surface area contributed by atoms with E-state index in [2.05, 4.69) is 5.16 Å². The lowest BCUT2D eigenvalue weighted by molar-refractivity contribution is -0.124. The lowest BCUT2D eigenvalue weighted by Crippen LogP contribution is -2.29. The number of rotatable bonds is 4. The first-order chi connectivity index (χ1) is 7.13. The predicted molar refractivity (Wildman–Crippen MR) is 55.8 cm³/mol. The third-order valence-corrected chi connectivity index (χ3v) is 2.72. The zero-order valence-electron chi connectivity index (χ0n) is 8.98. The van der Waals surface area contributed by atoms with Crippen LogP contribution >= 0.6 is 0 Å². The van der Waals surface area contributed by atoms with Crippen LogP contribution in [-0.2, 0) is 9.53 Å². The summed E-state index contributed by atoms with van der Waals surface area (Å²) in [7, 11) is 0. The predicted octanol–water partition coefficient (Wildman–Crippen LogP) is 0.897. The number of hydrogen-bond acceptors (Lipinski definition) is 4. The Balaban J connectivity index is 2.22. The summed E-state index contributed by atoms with van der Waals surface area (Å²) < 4.78 is 5.56. The normalized spacial score (nSPS) is 23.5. The van der Waals surface area contributed by atoms with Gasteiger partial charge in [-0.2, -0.15) is 0 Å². The van der Waals surface area contributed by atoms with Gasteiger partial charge >= 0.3 is 0 Å². The lowest BCUT2D eigenvalue weighted by atomic mass is 9.96. The number of hydrogen-bond donors (Lipinski definition) is 2. The Hall–Kier alpha value is -1.10. The van der Waals surface area contributed by atoms with Gasteiger partial charge in [-0.05, 0) is 25.7 Å². The van der Waals surface area contributed by atoms with E-state index in [4.69, 9.17) is 15.7 Å². The summed E-state index contributed by atoms with van der Waals surface area (Å²) >= 11 is 0. The third-order valence-electron chi connectivity index (χ3n) is 2.72.